The fourth-order valence-corrected chi connectivity index (χ4v) is 9.43. The number of para-hydroxylation sites is 4. The molecule has 6 heteroatoms. The van der Waals surface area contributed by atoms with Gasteiger partial charge >= 0.3 is 21.1 Å². The van der Waals surface area contributed by atoms with Gasteiger partial charge in [0.05, 0.1) is 11.0 Å². The number of pyridine rings is 1. The second-order valence-electron chi connectivity index (χ2n) is 15.8. The van der Waals surface area contributed by atoms with Gasteiger partial charge in [-0.15, -0.1) is 34.8 Å². The summed E-state index contributed by atoms with van der Waals surface area (Å²) in [6, 6.07) is 68.3. The number of aryl methyl sites for hydroxylation is 2. The summed E-state index contributed by atoms with van der Waals surface area (Å²) in [6.45, 7) is 4.39. The molecule has 0 aliphatic carbocycles. The fraction of sp³-hybridized carbons (Fsp3) is 0.0357. The van der Waals surface area contributed by atoms with E-state index in [0.717, 1.165) is 99.8 Å². The van der Waals surface area contributed by atoms with E-state index < -0.39 is 0 Å². The molecule has 296 valence electrons. The van der Waals surface area contributed by atoms with Crippen LogP contribution in [0.4, 0.5) is 0 Å². The van der Waals surface area contributed by atoms with E-state index in [1.807, 2.05) is 12.3 Å². The number of hydrogen-bond acceptors (Lipinski definition) is 2. The summed E-state index contributed by atoms with van der Waals surface area (Å²) >= 11 is 0. The SMILES string of the molecule is Cc1cccc(C)c1-c1ccc2c(c1)c1ccc(-c3cccc4c3nc(-c3cccc5c3[n-]c3ccccc35)n4-c3ccccc3)[c-]c1n2-c1cc(-c2ccccc2)ccn1.[Pt+2]. The molecule has 12 rings (SSSR count). The summed E-state index contributed by atoms with van der Waals surface area (Å²) in [6.07, 6.45) is 1.91. The Morgan fingerprint density at radius 2 is 1.24 bits per heavy atom. The monoisotopic (exact) mass is 974 g/mol. The molecule has 0 aliphatic heterocycles. The maximum absolute atomic E-state index is 5.55. The number of aromatic nitrogens is 5. The topological polar surface area (TPSA) is 49.7 Å². The first-order valence-corrected chi connectivity index (χ1v) is 20.7. The molecule has 0 N–H and O–H groups in total. The van der Waals surface area contributed by atoms with Crippen molar-refractivity contribution in [3.8, 4) is 56.3 Å². The van der Waals surface area contributed by atoms with Gasteiger partial charge in [-0.05, 0) is 105 Å². The summed E-state index contributed by atoms with van der Waals surface area (Å²) in [5.74, 6) is 1.68. The van der Waals surface area contributed by atoms with Crippen LogP contribution >= 0.6 is 0 Å². The van der Waals surface area contributed by atoms with Crippen LogP contribution in [0.1, 0.15) is 11.1 Å². The Kier molecular flexibility index (Phi) is 9.10. The first-order valence-electron chi connectivity index (χ1n) is 20.7. The van der Waals surface area contributed by atoms with E-state index in [1.165, 1.54) is 22.3 Å². The van der Waals surface area contributed by atoms with Crippen LogP contribution in [-0.4, -0.2) is 19.1 Å². The van der Waals surface area contributed by atoms with Gasteiger partial charge in [0.15, 0.2) is 0 Å². The largest absolute Gasteiger partial charge is 2.00 e. The molecule has 12 aromatic rings. The molecular weight excluding hydrogens is 938 g/mol. The maximum Gasteiger partial charge on any atom is 2.00 e. The predicted molar refractivity (Wildman–Crippen MR) is 252 cm³/mol. The van der Waals surface area contributed by atoms with Crippen molar-refractivity contribution in [2.75, 3.05) is 0 Å². The molecule has 4 aromatic heterocycles. The van der Waals surface area contributed by atoms with E-state index in [-0.39, 0.29) is 21.1 Å². The van der Waals surface area contributed by atoms with Crippen molar-refractivity contribution in [3.63, 3.8) is 0 Å². The average Bonchev–Trinajstić information content (AvgIpc) is 3.99. The van der Waals surface area contributed by atoms with Gasteiger partial charge in [-0.2, -0.15) is 0 Å². The fourth-order valence-electron chi connectivity index (χ4n) is 9.43. The van der Waals surface area contributed by atoms with Crippen LogP contribution in [0.2, 0.25) is 0 Å². The zero-order valence-electron chi connectivity index (χ0n) is 34.0. The summed E-state index contributed by atoms with van der Waals surface area (Å²) in [7, 11) is 0. The third kappa shape index (κ3) is 5.95. The Bertz CT molecular complexity index is 3650. The minimum atomic E-state index is 0. The molecule has 5 nitrogen and oxygen atoms in total. The normalized spacial score (nSPS) is 11.6. The van der Waals surface area contributed by atoms with E-state index in [4.69, 9.17) is 15.0 Å². The molecule has 0 fully saturated rings. The number of hydrogen-bond donors (Lipinski definition) is 0. The molecule has 0 saturated heterocycles. The molecule has 0 radical (unpaired) electrons. The van der Waals surface area contributed by atoms with Crippen molar-refractivity contribution in [1.82, 2.24) is 24.1 Å². The molecule has 0 amide bonds. The summed E-state index contributed by atoms with van der Waals surface area (Å²) < 4.78 is 4.55. The van der Waals surface area contributed by atoms with Crippen molar-refractivity contribution in [2.45, 2.75) is 13.8 Å². The van der Waals surface area contributed by atoms with Gasteiger partial charge in [0.25, 0.3) is 0 Å². The van der Waals surface area contributed by atoms with Gasteiger partial charge in [-0.1, -0.05) is 144 Å². The summed E-state index contributed by atoms with van der Waals surface area (Å²) in [4.78, 5) is 15.7. The zero-order chi connectivity index (χ0) is 40.6. The Balaban J connectivity index is 0.00000432. The summed E-state index contributed by atoms with van der Waals surface area (Å²) in [5, 5.41) is 4.53. The van der Waals surface area contributed by atoms with Gasteiger partial charge in [0.2, 0.25) is 0 Å². The van der Waals surface area contributed by atoms with E-state index in [2.05, 4.69) is 205 Å². The van der Waals surface area contributed by atoms with Crippen LogP contribution in [0.3, 0.4) is 0 Å². The van der Waals surface area contributed by atoms with E-state index in [9.17, 15) is 0 Å². The zero-order valence-corrected chi connectivity index (χ0v) is 36.2. The third-order valence-corrected chi connectivity index (χ3v) is 12.2. The quantitative estimate of drug-likeness (QED) is 0.156. The molecule has 0 atom stereocenters. The molecule has 62 heavy (non-hydrogen) atoms. The second-order valence-corrected chi connectivity index (χ2v) is 15.8. The standard InChI is InChI=1S/C56H37N5.Pt/c1-35-14-11-15-36(2)53(35)40-27-29-49-47(32-40)44-28-26-39(33-51(44)61(49)52-34-38(30-31-57-52)37-16-5-3-6-17-37)42-21-13-25-50-55(42)59-56(60(50)41-18-7-4-8-19-41)46-23-12-22-45-43-20-9-10-24-48(43)58-54(45)46;/h3-32,34H,1-2H3;/q-2;+2. The number of nitrogens with zero attached hydrogens (tertiary/aromatic N) is 5. The molecule has 8 aromatic carbocycles. The van der Waals surface area contributed by atoms with E-state index >= 15 is 0 Å². The summed E-state index contributed by atoms with van der Waals surface area (Å²) in [5.41, 5.74) is 17.1. The molecule has 0 saturated carbocycles. The first-order chi connectivity index (χ1) is 30.1. The molecule has 0 aliphatic rings. The molecule has 4 heterocycles. The molecular formula is C56H37N5Pt. The maximum atomic E-state index is 5.55. The van der Waals surface area contributed by atoms with Crippen LogP contribution < -0.4 is 4.98 Å². The minimum absolute atomic E-state index is 0. The molecule has 0 unspecified atom stereocenters. The average molecular weight is 975 g/mol. The van der Waals surface area contributed by atoms with Gasteiger partial charge in [0.1, 0.15) is 11.6 Å². The van der Waals surface area contributed by atoms with Crippen molar-refractivity contribution >= 4 is 54.6 Å². The molecule has 0 spiro atoms. The molecule has 0 bridgehead atoms. The van der Waals surface area contributed by atoms with Crippen LogP contribution in [-0.2, 0) is 21.1 Å². The van der Waals surface area contributed by atoms with E-state index in [0.29, 0.717) is 0 Å². The van der Waals surface area contributed by atoms with E-state index in [1.54, 1.807) is 0 Å². The van der Waals surface area contributed by atoms with Crippen LogP contribution in [0.15, 0.2) is 188 Å². The predicted octanol–water partition coefficient (Wildman–Crippen LogP) is 13.9. The van der Waals surface area contributed by atoms with Crippen molar-refractivity contribution in [2.24, 2.45) is 0 Å². The number of rotatable bonds is 6. The third-order valence-electron chi connectivity index (χ3n) is 12.2. The van der Waals surface area contributed by atoms with Crippen molar-refractivity contribution in [1.29, 1.82) is 0 Å². The van der Waals surface area contributed by atoms with Crippen LogP contribution in [0.5, 0.6) is 0 Å². The minimum Gasteiger partial charge on any atom is -0.656 e. The van der Waals surface area contributed by atoms with Gasteiger partial charge in [-0.3, -0.25) is 4.57 Å². The number of imidazole rings is 1. The van der Waals surface area contributed by atoms with Crippen LogP contribution in [0, 0.1) is 19.9 Å². The van der Waals surface area contributed by atoms with Gasteiger partial charge in [0, 0.05) is 23.0 Å². The van der Waals surface area contributed by atoms with Crippen LogP contribution in [0.25, 0.3) is 111 Å². The smallest absolute Gasteiger partial charge is 0.656 e. The van der Waals surface area contributed by atoms with Gasteiger partial charge in [-0.25, -0.2) is 9.97 Å². The number of benzene rings is 8. The Morgan fingerprint density at radius 1 is 0.516 bits per heavy atom. The Labute approximate surface area is 373 Å². The van der Waals surface area contributed by atoms with Crippen molar-refractivity contribution in [3.05, 3.63) is 205 Å². The van der Waals surface area contributed by atoms with Gasteiger partial charge < -0.3 is 9.55 Å². The number of fused-ring (bicyclic) bond motifs is 7. The second kappa shape index (κ2) is 15.0. The van der Waals surface area contributed by atoms with Crippen molar-refractivity contribution < 1.29 is 21.1 Å². The first kappa shape index (κ1) is 37.7. The Hall–Kier alpha value is -7.33. The Morgan fingerprint density at radius 3 is 2.08 bits per heavy atom.